The third-order valence-corrected chi connectivity index (χ3v) is 3.99. The second kappa shape index (κ2) is 12.5. The average Bonchev–Trinajstić information content (AvgIpc) is 2.87. The van der Waals surface area contributed by atoms with Crippen LogP contribution >= 0.6 is 24.0 Å². The summed E-state index contributed by atoms with van der Waals surface area (Å²) < 4.78 is 5.34. The minimum absolute atomic E-state index is 0. The van der Waals surface area contributed by atoms with E-state index in [-0.39, 0.29) is 24.0 Å². The first-order valence-corrected chi connectivity index (χ1v) is 8.30. The van der Waals surface area contributed by atoms with Gasteiger partial charge in [0.2, 0.25) is 0 Å². The molecule has 1 aliphatic carbocycles. The SMILES string of the molecule is CCNC(=NCC1(C)CCCC1)NCCCCOCC.I. The van der Waals surface area contributed by atoms with Gasteiger partial charge in [0.25, 0.3) is 0 Å². The molecule has 21 heavy (non-hydrogen) atoms. The Morgan fingerprint density at radius 1 is 1.14 bits per heavy atom. The van der Waals surface area contributed by atoms with Gasteiger partial charge in [-0.15, -0.1) is 24.0 Å². The smallest absolute Gasteiger partial charge is 0.191 e. The van der Waals surface area contributed by atoms with Crippen molar-refractivity contribution in [2.24, 2.45) is 10.4 Å². The molecule has 0 saturated heterocycles. The van der Waals surface area contributed by atoms with Crippen molar-refractivity contribution in [3.05, 3.63) is 0 Å². The van der Waals surface area contributed by atoms with E-state index in [0.717, 1.165) is 51.6 Å². The van der Waals surface area contributed by atoms with Gasteiger partial charge in [0, 0.05) is 32.8 Å². The number of hydrogen-bond acceptors (Lipinski definition) is 2. The molecule has 126 valence electrons. The van der Waals surface area contributed by atoms with E-state index in [1.165, 1.54) is 25.7 Å². The zero-order chi connectivity index (χ0) is 14.7. The standard InChI is InChI=1S/C16H33N3O.HI/c1-4-17-15(18-12-8-9-13-20-5-2)19-14-16(3)10-6-7-11-16;/h4-14H2,1-3H3,(H2,17,18,19);1H. The van der Waals surface area contributed by atoms with Crippen LogP contribution in [-0.4, -0.2) is 38.8 Å². The normalized spacial score (nSPS) is 17.4. The van der Waals surface area contributed by atoms with Crippen LogP contribution in [0.4, 0.5) is 0 Å². The van der Waals surface area contributed by atoms with Crippen LogP contribution in [-0.2, 0) is 4.74 Å². The van der Waals surface area contributed by atoms with E-state index in [1.54, 1.807) is 0 Å². The molecule has 0 aromatic carbocycles. The lowest BCUT2D eigenvalue weighted by Gasteiger charge is -2.21. The van der Waals surface area contributed by atoms with Gasteiger partial charge < -0.3 is 15.4 Å². The molecule has 1 rings (SSSR count). The first-order chi connectivity index (χ1) is 9.70. The Hall–Kier alpha value is -0.0400. The summed E-state index contributed by atoms with van der Waals surface area (Å²) in [5.74, 6) is 0.969. The molecule has 0 aliphatic heterocycles. The monoisotopic (exact) mass is 411 g/mol. The number of hydrogen-bond donors (Lipinski definition) is 2. The number of unbranched alkanes of at least 4 members (excludes halogenated alkanes) is 1. The first-order valence-electron chi connectivity index (χ1n) is 8.30. The molecule has 0 unspecified atom stereocenters. The average molecular weight is 411 g/mol. The molecule has 0 bridgehead atoms. The summed E-state index contributed by atoms with van der Waals surface area (Å²) in [5.41, 5.74) is 0.428. The lowest BCUT2D eigenvalue weighted by Crippen LogP contribution is -2.38. The molecular weight excluding hydrogens is 377 g/mol. The number of halogens is 1. The topological polar surface area (TPSA) is 45.7 Å². The molecule has 1 saturated carbocycles. The number of nitrogens with one attached hydrogen (secondary N) is 2. The molecule has 0 aromatic heterocycles. The maximum atomic E-state index is 5.34. The van der Waals surface area contributed by atoms with Gasteiger partial charge in [0.15, 0.2) is 5.96 Å². The first kappa shape index (κ1) is 21.0. The fraction of sp³-hybridized carbons (Fsp3) is 0.938. The van der Waals surface area contributed by atoms with Crippen molar-refractivity contribution < 1.29 is 4.74 Å². The largest absolute Gasteiger partial charge is 0.382 e. The van der Waals surface area contributed by atoms with Gasteiger partial charge in [-0.1, -0.05) is 19.8 Å². The molecule has 1 aliphatic rings. The van der Waals surface area contributed by atoms with E-state index < -0.39 is 0 Å². The van der Waals surface area contributed by atoms with Crippen molar-refractivity contribution in [3.63, 3.8) is 0 Å². The van der Waals surface area contributed by atoms with Gasteiger partial charge in [-0.3, -0.25) is 4.99 Å². The zero-order valence-electron chi connectivity index (χ0n) is 14.0. The minimum atomic E-state index is 0. The highest BCUT2D eigenvalue weighted by molar-refractivity contribution is 14.0. The Labute approximate surface area is 147 Å². The maximum absolute atomic E-state index is 5.34. The van der Waals surface area contributed by atoms with Gasteiger partial charge in [0.1, 0.15) is 0 Å². The van der Waals surface area contributed by atoms with Crippen LogP contribution in [0.15, 0.2) is 4.99 Å². The van der Waals surface area contributed by atoms with Gasteiger partial charge in [0.05, 0.1) is 0 Å². The van der Waals surface area contributed by atoms with E-state index in [2.05, 4.69) is 24.5 Å². The van der Waals surface area contributed by atoms with Crippen LogP contribution in [0.1, 0.15) is 59.3 Å². The highest BCUT2D eigenvalue weighted by atomic mass is 127. The Balaban J connectivity index is 0.00000400. The lowest BCUT2D eigenvalue weighted by atomic mass is 9.89. The van der Waals surface area contributed by atoms with Crippen LogP contribution < -0.4 is 10.6 Å². The van der Waals surface area contributed by atoms with Crippen molar-refractivity contribution in [2.75, 3.05) is 32.8 Å². The summed E-state index contributed by atoms with van der Waals surface area (Å²) in [4.78, 5) is 4.76. The maximum Gasteiger partial charge on any atom is 0.191 e. The number of guanidine groups is 1. The number of nitrogens with zero attached hydrogens (tertiary/aromatic N) is 1. The molecule has 0 atom stereocenters. The summed E-state index contributed by atoms with van der Waals surface area (Å²) in [6, 6.07) is 0. The molecule has 0 spiro atoms. The summed E-state index contributed by atoms with van der Waals surface area (Å²) >= 11 is 0. The lowest BCUT2D eigenvalue weighted by molar-refractivity contribution is 0.143. The van der Waals surface area contributed by atoms with Crippen molar-refractivity contribution >= 4 is 29.9 Å². The van der Waals surface area contributed by atoms with Crippen molar-refractivity contribution in [1.29, 1.82) is 0 Å². The molecule has 0 amide bonds. The van der Waals surface area contributed by atoms with E-state index >= 15 is 0 Å². The van der Waals surface area contributed by atoms with Crippen LogP contribution in [0.2, 0.25) is 0 Å². The Kier molecular flexibility index (Phi) is 12.5. The van der Waals surface area contributed by atoms with E-state index in [0.29, 0.717) is 5.41 Å². The third kappa shape index (κ3) is 9.55. The summed E-state index contributed by atoms with van der Waals surface area (Å²) in [5, 5.41) is 6.76. The quantitative estimate of drug-likeness (QED) is 0.264. The molecule has 0 heterocycles. The Bertz CT molecular complexity index is 279. The molecular formula is C16H34IN3O. The predicted octanol–water partition coefficient (Wildman–Crippen LogP) is 3.56. The number of rotatable bonds is 9. The molecule has 4 nitrogen and oxygen atoms in total. The molecule has 2 N–H and O–H groups in total. The van der Waals surface area contributed by atoms with Crippen LogP contribution in [0, 0.1) is 5.41 Å². The number of aliphatic imine (C=N–C) groups is 1. The van der Waals surface area contributed by atoms with Crippen LogP contribution in [0.5, 0.6) is 0 Å². The van der Waals surface area contributed by atoms with E-state index in [9.17, 15) is 0 Å². The molecule has 0 radical (unpaired) electrons. The van der Waals surface area contributed by atoms with Crippen molar-refractivity contribution in [1.82, 2.24) is 10.6 Å². The third-order valence-electron chi connectivity index (χ3n) is 3.99. The Morgan fingerprint density at radius 2 is 1.86 bits per heavy atom. The van der Waals surface area contributed by atoms with E-state index in [4.69, 9.17) is 9.73 Å². The fourth-order valence-electron chi connectivity index (χ4n) is 2.68. The molecule has 1 fully saturated rings. The minimum Gasteiger partial charge on any atom is -0.382 e. The highest BCUT2D eigenvalue weighted by Gasteiger charge is 2.28. The van der Waals surface area contributed by atoms with Gasteiger partial charge in [-0.2, -0.15) is 0 Å². The zero-order valence-corrected chi connectivity index (χ0v) is 16.4. The second-order valence-electron chi connectivity index (χ2n) is 6.04. The van der Waals surface area contributed by atoms with Crippen LogP contribution in [0.3, 0.4) is 0 Å². The van der Waals surface area contributed by atoms with Gasteiger partial charge in [-0.05, 0) is 44.9 Å². The fourth-order valence-corrected chi connectivity index (χ4v) is 2.68. The van der Waals surface area contributed by atoms with Gasteiger partial charge in [-0.25, -0.2) is 0 Å². The molecule has 0 aromatic rings. The highest BCUT2D eigenvalue weighted by Crippen LogP contribution is 2.37. The molecule has 5 heteroatoms. The van der Waals surface area contributed by atoms with Crippen LogP contribution in [0.25, 0.3) is 0 Å². The van der Waals surface area contributed by atoms with Crippen molar-refractivity contribution in [3.8, 4) is 0 Å². The summed E-state index contributed by atoms with van der Waals surface area (Å²) in [7, 11) is 0. The summed E-state index contributed by atoms with van der Waals surface area (Å²) in [6.45, 7) is 11.0. The van der Waals surface area contributed by atoms with Gasteiger partial charge >= 0.3 is 0 Å². The predicted molar refractivity (Wildman–Crippen MR) is 102 cm³/mol. The summed E-state index contributed by atoms with van der Waals surface area (Å²) in [6.07, 6.45) is 7.62. The number of ether oxygens (including phenoxy) is 1. The van der Waals surface area contributed by atoms with E-state index in [1.807, 2.05) is 6.92 Å². The van der Waals surface area contributed by atoms with Crippen molar-refractivity contribution in [2.45, 2.75) is 59.3 Å². The second-order valence-corrected chi connectivity index (χ2v) is 6.04. The Morgan fingerprint density at radius 3 is 2.48 bits per heavy atom.